The molecule has 1 aliphatic heterocycles. The van der Waals surface area contributed by atoms with Gasteiger partial charge in [-0.25, -0.2) is 8.42 Å². The zero-order valence-corrected chi connectivity index (χ0v) is 17.0. The number of methoxy groups -OCH3 is 1. The summed E-state index contributed by atoms with van der Waals surface area (Å²) in [5.41, 5.74) is 2.23. The van der Waals surface area contributed by atoms with E-state index in [0.29, 0.717) is 11.3 Å². The Morgan fingerprint density at radius 3 is 2.10 bits per heavy atom. The molecule has 0 aliphatic carbocycles. The van der Waals surface area contributed by atoms with Crippen molar-refractivity contribution in [3.05, 3.63) is 95.6 Å². The molecule has 3 unspecified atom stereocenters. The van der Waals surface area contributed by atoms with E-state index >= 15 is 0 Å². The molecule has 1 aliphatic rings. The second kappa shape index (κ2) is 7.46. The van der Waals surface area contributed by atoms with Crippen LogP contribution in [0.5, 0.6) is 5.75 Å². The monoisotopic (exact) mass is 407 g/mol. The number of ether oxygens (including phenoxy) is 1. The Morgan fingerprint density at radius 1 is 0.897 bits per heavy atom. The van der Waals surface area contributed by atoms with Crippen molar-refractivity contribution in [2.24, 2.45) is 0 Å². The van der Waals surface area contributed by atoms with Crippen LogP contribution < -0.4 is 4.74 Å². The number of aryl methyl sites for hydroxylation is 1. The van der Waals surface area contributed by atoms with Crippen LogP contribution in [-0.2, 0) is 10.0 Å². The van der Waals surface area contributed by atoms with Gasteiger partial charge in [0.15, 0.2) is 5.78 Å². The van der Waals surface area contributed by atoms with Crippen LogP contribution in [0.15, 0.2) is 83.8 Å². The van der Waals surface area contributed by atoms with E-state index in [1.807, 2.05) is 37.3 Å². The third-order valence-electron chi connectivity index (χ3n) is 5.14. The summed E-state index contributed by atoms with van der Waals surface area (Å²) < 4.78 is 33.0. The summed E-state index contributed by atoms with van der Waals surface area (Å²) in [6.07, 6.45) is 0. The zero-order valence-electron chi connectivity index (χ0n) is 16.1. The molecule has 3 aromatic carbocycles. The van der Waals surface area contributed by atoms with Gasteiger partial charge in [0.2, 0.25) is 10.0 Å². The summed E-state index contributed by atoms with van der Waals surface area (Å²) >= 11 is 0. The summed E-state index contributed by atoms with van der Waals surface area (Å²) in [4.78, 5) is 13.4. The average Bonchev–Trinajstić information content (AvgIpc) is 3.51. The van der Waals surface area contributed by atoms with Crippen LogP contribution in [0.4, 0.5) is 0 Å². The van der Waals surface area contributed by atoms with Crippen molar-refractivity contribution in [2.75, 3.05) is 7.11 Å². The molecule has 0 spiro atoms. The average molecular weight is 407 g/mol. The number of rotatable bonds is 6. The summed E-state index contributed by atoms with van der Waals surface area (Å²) in [6.45, 7) is 1.90. The quantitative estimate of drug-likeness (QED) is 0.458. The van der Waals surface area contributed by atoms with Crippen molar-refractivity contribution in [1.29, 1.82) is 0 Å². The minimum atomic E-state index is -3.81. The van der Waals surface area contributed by atoms with Gasteiger partial charge in [0, 0.05) is 5.56 Å². The van der Waals surface area contributed by atoms with Crippen LogP contribution in [0.2, 0.25) is 0 Å². The number of ketones is 1. The second-order valence-corrected chi connectivity index (χ2v) is 8.88. The third kappa shape index (κ3) is 3.57. The summed E-state index contributed by atoms with van der Waals surface area (Å²) in [7, 11) is -2.25. The number of Topliss-reactive ketones (excluding diaryl/α,β-unsaturated/α-hetero) is 1. The van der Waals surface area contributed by atoms with Crippen LogP contribution in [0, 0.1) is 6.92 Å². The van der Waals surface area contributed by atoms with E-state index in [2.05, 4.69) is 0 Å². The first-order chi connectivity index (χ1) is 13.9. The van der Waals surface area contributed by atoms with E-state index in [4.69, 9.17) is 4.74 Å². The molecule has 0 aromatic heterocycles. The maximum absolute atomic E-state index is 13.3. The van der Waals surface area contributed by atoms with E-state index in [-0.39, 0.29) is 10.7 Å². The van der Waals surface area contributed by atoms with Crippen LogP contribution in [0.1, 0.15) is 27.5 Å². The highest BCUT2D eigenvalue weighted by Gasteiger charge is 2.60. The largest absolute Gasteiger partial charge is 0.497 e. The maximum Gasteiger partial charge on any atom is 0.244 e. The van der Waals surface area contributed by atoms with Gasteiger partial charge in [-0.2, -0.15) is 4.31 Å². The Balaban J connectivity index is 1.72. The first-order valence-electron chi connectivity index (χ1n) is 9.27. The summed E-state index contributed by atoms with van der Waals surface area (Å²) in [6, 6.07) is 21.4. The minimum Gasteiger partial charge on any atom is -0.497 e. The van der Waals surface area contributed by atoms with Gasteiger partial charge in [0.25, 0.3) is 0 Å². The van der Waals surface area contributed by atoms with Gasteiger partial charge in [-0.15, -0.1) is 0 Å². The molecule has 6 heteroatoms. The fourth-order valence-corrected chi connectivity index (χ4v) is 5.22. The van der Waals surface area contributed by atoms with Crippen LogP contribution in [-0.4, -0.2) is 31.7 Å². The standard InChI is InChI=1S/C23H21NO4S/c1-16-8-14-20(15-9-16)29(26,27)24-21(17-6-4-3-5-7-17)22(24)23(25)18-10-12-19(28-2)13-11-18/h3-15,21-22H,1-2H3. The second-order valence-electron chi connectivity index (χ2n) is 7.04. The SMILES string of the molecule is COc1ccc(C(=O)C2C(c3ccccc3)N2S(=O)(=O)c2ccc(C)cc2)cc1. The predicted octanol–water partition coefficient (Wildman–Crippen LogP) is 4.00. The molecule has 3 aromatic rings. The minimum absolute atomic E-state index is 0.189. The van der Waals surface area contributed by atoms with Crippen LogP contribution >= 0.6 is 0 Å². The molecular formula is C23H21NO4S. The number of sulfonamides is 1. The smallest absolute Gasteiger partial charge is 0.244 e. The van der Waals surface area contributed by atoms with Crippen molar-refractivity contribution in [2.45, 2.75) is 23.9 Å². The van der Waals surface area contributed by atoms with E-state index in [0.717, 1.165) is 11.1 Å². The molecule has 0 amide bonds. The Bertz CT molecular complexity index is 1120. The molecule has 148 valence electrons. The number of benzene rings is 3. The Labute approximate surface area is 170 Å². The lowest BCUT2D eigenvalue weighted by Crippen LogP contribution is -2.19. The maximum atomic E-state index is 13.3. The highest BCUT2D eigenvalue weighted by molar-refractivity contribution is 7.89. The first kappa shape index (κ1) is 19.4. The van der Waals surface area contributed by atoms with Crippen molar-refractivity contribution in [3.63, 3.8) is 0 Å². The fourth-order valence-electron chi connectivity index (χ4n) is 3.51. The number of carbonyl (C=O) groups excluding carboxylic acids is 1. The van der Waals surface area contributed by atoms with E-state index < -0.39 is 22.1 Å². The molecule has 1 fully saturated rings. The van der Waals surface area contributed by atoms with E-state index in [9.17, 15) is 13.2 Å². The number of hydrogen-bond acceptors (Lipinski definition) is 4. The van der Waals surface area contributed by atoms with Crippen LogP contribution in [0.25, 0.3) is 0 Å². The fraction of sp³-hybridized carbons (Fsp3) is 0.174. The van der Waals surface area contributed by atoms with E-state index in [1.54, 1.807) is 55.6 Å². The molecule has 5 nitrogen and oxygen atoms in total. The highest BCUT2D eigenvalue weighted by atomic mass is 32.2. The van der Waals surface area contributed by atoms with Gasteiger partial charge in [-0.1, -0.05) is 48.0 Å². The number of nitrogens with zero attached hydrogens (tertiary/aromatic N) is 1. The highest BCUT2D eigenvalue weighted by Crippen LogP contribution is 2.49. The van der Waals surface area contributed by atoms with Crippen molar-refractivity contribution < 1.29 is 17.9 Å². The number of hydrogen-bond donors (Lipinski definition) is 0. The zero-order chi connectivity index (χ0) is 20.6. The first-order valence-corrected chi connectivity index (χ1v) is 10.7. The number of carbonyl (C=O) groups is 1. The van der Waals surface area contributed by atoms with Crippen molar-refractivity contribution >= 4 is 15.8 Å². The Kier molecular flexibility index (Phi) is 4.98. The van der Waals surface area contributed by atoms with E-state index in [1.165, 1.54) is 4.31 Å². The molecule has 0 bridgehead atoms. The molecule has 1 saturated heterocycles. The lowest BCUT2D eigenvalue weighted by Gasteiger charge is -2.07. The molecule has 3 atom stereocenters. The van der Waals surface area contributed by atoms with Crippen LogP contribution in [0.3, 0.4) is 0 Å². The molecule has 0 N–H and O–H groups in total. The van der Waals surface area contributed by atoms with Gasteiger partial charge < -0.3 is 4.74 Å². The third-order valence-corrected chi connectivity index (χ3v) is 7.02. The predicted molar refractivity (Wildman–Crippen MR) is 110 cm³/mol. The van der Waals surface area contributed by atoms with Gasteiger partial charge >= 0.3 is 0 Å². The molecular weight excluding hydrogens is 386 g/mol. The molecule has 0 radical (unpaired) electrons. The molecule has 29 heavy (non-hydrogen) atoms. The molecule has 0 saturated carbocycles. The van der Waals surface area contributed by atoms with Gasteiger partial charge in [0.1, 0.15) is 11.8 Å². The topological polar surface area (TPSA) is 63.5 Å². The lowest BCUT2D eigenvalue weighted by atomic mass is 10.0. The lowest BCUT2D eigenvalue weighted by molar-refractivity contribution is 0.0981. The Morgan fingerprint density at radius 2 is 1.52 bits per heavy atom. The van der Waals surface area contributed by atoms with Gasteiger partial charge in [-0.3, -0.25) is 4.79 Å². The van der Waals surface area contributed by atoms with Crippen molar-refractivity contribution in [1.82, 2.24) is 4.31 Å². The molecule has 4 rings (SSSR count). The van der Waals surface area contributed by atoms with Gasteiger partial charge in [-0.05, 0) is 48.9 Å². The van der Waals surface area contributed by atoms with Crippen molar-refractivity contribution in [3.8, 4) is 5.75 Å². The normalized spacial score (nSPS) is 20.8. The summed E-state index contributed by atoms with van der Waals surface area (Å²) in [5, 5.41) is 0. The molecule has 1 heterocycles. The van der Waals surface area contributed by atoms with Gasteiger partial charge in [0.05, 0.1) is 18.0 Å². The summed E-state index contributed by atoms with van der Waals surface area (Å²) in [5.74, 6) is 0.415. The Hall–Kier alpha value is -2.96.